The summed E-state index contributed by atoms with van der Waals surface area (Å²) in [6.07, 6.45) is -4.80. The van der Waals surface area contributed by atoms with Crippen LogP contribution < -0.4 is 4.90 Å². The number of piperazine rings is 1. The quantitative estimate of drug-likeness (QED) is 0.842. The number of anilines is 1. The van der Waals surface area contributed by atoms with E-state index >= 15 is 0 Å². The van der Waals surface area contributed by atoms with Gasteiger partial charge in [0.15, 0.2) is 0 Å². The Morgan fingerprint density at radius 1 is 1.11 bits per heavy atom. The second kappa shape index (κ2) is 6.01. The van der Waals surface area contributed by atoms with Crippen LogP contribution in [0.15, 0.2) is 24.3 Å². The van der Waals surface area contributed by atoms with Gasteiger partial charge in [0.05, 0.1) is 6.42 Å². The van der Waals surface area contributed by atoms with Gasteiger partial charge in [-0.3, -0.25) is 4.90 Å². The summed E-state index contributed by atoms with van der Waals surface area (Å²) in [6, 6.07) is 7.54. The number of nitrogens with zero attached hydrogens (tertiary/aromatic N) is 2. The lowest BCUT2D eigenvalue weighted by molar-refractivity contribution is -0.138. The summed E-state index contributed by atoms with van der Waals surface area (Å²) in [7, 11) is 0. The average Bonchev–Trinajstić information content (AvgIpc) is 2.36. The van der Waals surface area contributed by atoms with Gasteiger partial charge in [-0.25, -0.2) is 0 Å². The molecule has 0 aliphatic carbocycles. The SMILES string of the molecule is FC(F)(F)CCN1CCN(c2cccc(Cl)c2)CC1. The molecule has 2 nitrogen and oxygen atoms in total. The summed E-state index contributed by atoms with van der Waals surface area (Å²) in [5.41, 5.74) is 1.03. The normalized spacial score (nSPS) is 17.8. The molecule has 106 valence electrons. The van der Waals surface area contributed by atoms with Gasteiger partial charge in [0.1, 0.15) is 0 Å². The van der Waals surface area contributed by atoms with Gasteiger partial charge in [-0.2, -0.15) is 13.2 Å². The molecule has 0 N–H and O–H groups in total. The maximum atomic E-state index is 12.1. The van der Waals surface area contributed by atoms with Crippen molar-refractivity contribution in [1.29, 1.82) is 0 Å². The number of hydrogen-bond donors (Lipinski definition) is 0. The van der Waals surface area contributed by atoms with Crippen LogP contribution in [0.3, 0.4) is 0 Å². The Bertz CT molecular complexity index is 415. The highest BCUT2D eigenvalue weighted by atomic mass is 35.5. The molecule has 0 spiro atoms. The van der Waals surface area contributed by atoms with Crippen molar-refractivity contribution in [1.82, 2.24) is 4.90 Å². The molecule has 0 aromatic heterocycles. The van der Waals surface area contributed by atoms with Crippen LogP contribution in [-0.2, 0) is 0 Å². The van der Waals surface area contributed by atoms with Gasteiger partial charge < -0.3 is 4.90 Å². The Labute approximate surface area is 115 Å². The van der Waals surface area contributed by atoms with Crippen LogP contribution in [0.4, 0.5) is 18.9 Å². The zero-order chi connectivity index (χ0) is 13.9. The summed E-state index contributed by atoms with van der Waals surface area (Å²) >= 11 is 5.93. The maximum absolute atomic E-state index is 12.1. The standard InChI is InChI=1S/C13H16ClF3N2/c14-11-2-1-3-12(10-11)19-8-6-18(7-9-19)5-4-13(15,16)17/h1-3,10H,4-9H2. The fraction of sp³-hybridized carbons (Fsp3) is 0.538. The van der Waals surface area contributed by atoms with E-state index in [1.165, 1.54) is 0 Å². The molecular weight excluding hydrogens is 277 g/mol. The molecule has 19 heavy (non-hydrogen) atoms. The topological polar surface area (TPSA) is 6.48 Å². The van der Waals surface area contributed by atoms with Crippen LogP contribution in [0.1, 0.15) is 6.42 Å². The largest absolute Gasteiger partial charge is 0.390 e. The molecule has 1 saturated heterocycles. The molecular formula is C13H16ClF3N2. The lowest BCUT2D eigenvalue weighted by atomic mass is 10.2. The van der Waals surface area contributed by atoms with E-state index in [1.807, 2.05) is 29.2 Å². The second-order valence-corrected chi connectivity index (χ2v) is 5.11. The van der Waals surface area contributed by atoms with Crippen molar-refractivity contribution in [3.05, 3.63) is 29.3 Å². The molecule has 0 bridgehead atoms. The van der Waals surface area contributed by atoms with E-state index in [1.54, 1.807) is 0 Å². The van der Waals surface area contributed by atoms with Gasteiger partial charge in [-0.05, 0) is 18.2 Å². The van der Waals surface area contributed by atoms with Crippen LogP contribution in [0.5, 0.6) is 0 Å². The molecule has 0 atom stereocenters. The van der Waals surface area contributed by atoms with Gasteiger partial charge in [-0.15, -0.1) is 0 Å². The molecule has 6 heteroatoms. The minimum absolute atomic E-state index is 0.0902. The van der Waals surface area contributed by atoms with Crippen molar-refractivity contribution < 1.29 is 13.2 Å². The number of benzene rings is 1. The van der Waals surface area contributed by atoms with Crippen LogP contribution in [0.2, 0.25) is 5.02 Å². The first-order valence-corrected chi connectivity index (χ1v) is 6.61. The average molecular weight is 293 g/mol. The van der Waals surface area contributed by atoms with Crippen LogP contribution >= 0.6 is 11.6 Å². The summed E-state index contributed by atoms with van der Waals surface area (Å²) < 4.78 is 36.4. The molecule has 1 aliphatic rings. The summed E-state index contributed by atoms with van der Waals surface area (Å²) in [5.74, 6) is 0. The van der Waals surface area contributed by atoms with Gasteiger partial charge in [0.25, 0.3) is 0 Å². The molecule has 1 aromatic rings. The van der Waals surface area contributed by atoms with Gasteiger partial charge in [0.2, 0.25) is 0 Å². The number of rotatable bonds is 3. The van der Waals surface area contributed by atoms with E-state index in [0.717, 1.165) is 18.8 Å². The second-order valence-electron chi connectivity index (χ2n) is 4.67. The fourth-order valence-electron chi connectivity index (χ4n) is 2.19. The summed E-state index contributed by atoms with van der Waals surface area (Å²) in [6.45, 7) is 2.87. The first-order chi connectivity index (χ1) is 8.94. The number of alkyl halides is 3. The smallest absolute Gasteiger partial charge is 0.369 e. The van der Waals surface area contributed by atoms with Gasteiger partial charge in [-0.1, -0.05) is 17.7 Å². The van der Waals surface area contributed by atoms with E-state index in [0.29, 0.717) is 18.1 Å². The zero-order valence-electron chi connectivity index (χ0n) is 10.5. The fourth-order valence-corrected chi connectivity index (χ4v) is 2.37. The summed E-state index contributed by atoms with van der Waals surface area (Å²) in [4.78, 5) is 4.00. The Morgan fingerprint density at radius 3 is 2.37 bits per heavy atom. The lowest BCUT2D eigenvalue weighted by Gasteiger charge is -2.36. The Kier molecular flexibility index (Phi) is 4.58. The molecule has 2 rings (SSSR count). The van der Waals surface area contributed by atoms with Crippen molar-refractivity contribution in [2.24, 2.45) is 0 Å². The van der Waals surface area contributed by atoms with Gasteiger partial charge >= 0.3 is 6.18 Å². The maximum Gasteiger partial charge on any atom is 0.390 e. The molecule has 1 fully saturated rings. The Morgan fingerprint density at radius 2 is 1.79 bits per heavy atom. The van der Waals surface area contributed by atoms with Gasteiger partial charge in [0, 0.05) is 43.4 Å². The predicted octanol–water partition coefficient (Wildman–Crippen LogP) is 3.41. The minimum Gasteiger partial charge on any atom is -0.369 e. The van der Waals surface area contributed by atoms with E-state index in [-0.39, 0.29) is 6.54 Å². The van der Waals surface area contributed by atoms with E-state index < -0.39 is 12.6 Å². The van der Waals surface area contributed by atoms with Crippen molar-refractivity contribution in [2.45, 2.75) is 12.6 Å². The highest BCUT2D eigenvalue weighted by Crippen LogP contribution is 2.22. The Balaban J connectivity index is 1.82. The molecule has 0 radical (unpaired) electrons. The van der Waals surface area contributed by atoms with Crippen LogP contribution in [0.25, 0.3) is 0 Å². The zero-order valence-corrected chi connectivity index (χ0v) is 11.2. The van der Waals surface area contributed by atoms with Crippen molar-refractivity contribution in [3.63, 3.8) is 0 Å². The highest BCUT2D eigenvalue weighted by Gasteiger charge is 2.28. The minimum atomic E-state index is -4.07. The molecule has 1 aromatic carbocycles. The van der Waals surface area contributed by atoms with Crippen molar-refractivity contribution in [2.75, 3.05) is 37.6 Å². The molecule has 0 amide bonds. The molecule has 0 unspecified atom stereocenters. The molecule has 1 heterocycles. The van der Waals surface area contributed by atoms with Crippen molar-refractivity contribution >= 4 is 17.3 Å². The lowest BCUT2D eigenvalue weighted by Crippen LogP contribution is -2.47. The third-order valence-corrected chi connectivity index (χ3v) is 3.49. The van der Waals surface area contributed by atoms with E-state index in [9.17, 15) is 13.2 Å². The van der Waals surface area contributed by atoms with E-state index in [4.69, 9.17) is 11.6 Å². The highest BCUT2D eigenvalue weighted by molar-refractivity contribution is 6.30. The van der Waals surface area contributed by atoms with Crippen LogP contribution in [-0.4, -0.2) is 43.8 Å². The third-order valence-electron chi connectivity index (χ3n) is 3.26. The number of halogens is 4. The first-order valence-electron chi connectivity index (χ1n) is 6.24. The molecule has 1 aliphatic heterocycles. The van der Waals surface area contributed by atoms with E-state index in [2.05, 4.69) is 4.90 Å². The van der Waals surface area contributed by atoms with Crippen molar-refractivity contribution in [3.8, 4) is 0 Å². The number of hydrogen-bond acceptors (Lipinski definition) is 2. The first kappa shape index (κ1) is 14.5. The third kappa shape index (κ3) is 4.58. The molecule has 0 saturated carbocycles. The Hall–Kier alpha value is -0.940. The van der Waals surface area contributed by atoms with Crippen LogP contribution in [0, 0.1) is 0 Å². The predicted molar refractivity (Wildman–Crippen MR) is 70.8 cm³/mol. The summed E-state index contributed by atoms with van der Waals surface area (Å²) in [5, 5.41) is 0.678. The monoisotopic (exact) mass is 292 g/mol.